The van der Waals surface area contributed by atoms with Gasteiger partial charge in [0.25, 0.3) is 0 Å². The van der Waals surface area contributed by atoms with Gasteiger partial charge in [0.2, 0.25) is 0 Å². The first-order chi connectivity index (χ1) is 8.17. The van der Waals surface area contributed by atoms with Gasteiger partial charge in [-0.3, -0.25) is 4.79 Å². The number of hydrogen-bond donors (Lipinski definition) is 1. The van der Waals surface area contributed by atoms with Gasteiger partial charge in [-0.1, -0.05) is 31.2 Å². The van der Waals surface area contributed by atoms with Crippen LogP contribution in [0.5, 0.6) is 5.75 Å². The lowest BCUT2D eigenvalue weighted by Crippen LogP contribution is -2.06. The molecule has 0 aromatic heterocycles. The lowest BCUT2D eigenvalue weighted by Gasteiger charge is -2.12. The van der Waals surface area contributed by atoms with Crippen molar-refractivity contribution < 1.29 is 14.6 Å². The highest BCUT2D eigenvalue weighted by Gasteiger charge is 2.13. The van der Waals surface area contributed by atoms with Crippen LogP contribution in [-0.2, 0) is 9.53 Å². The van der Waals surface area contributed by atoms with E-state index in [1.807, 2.05) is 31.2 Å². The van der Waals surface area contributed by atoms with E-state index in [1.54, 1.807) is 12.1 Å². The van der Waals surface area contributed by atoms with Crippen LogP contribution in [0.2, 0.25) is 0 Å². The molecule has 0 saturated heterocycles. The highest BCUT2D eigenvalue weighted by atomic mass is 16.5. The van der Waals surface area contributed by atoms with Crippen molar-refractivity contribution in [2.45, 2.75) is 25.7 Å². The largest absolute Gasteiger partial charge is 0.508 e. The molecule has 0 heterocycles. The fourth-order valence-corrected chi connectivity index (χ4v) is 1.58. The van der Waals surface area contributed by atoms with E-state index in [2.05, 4.69) is 4.74 Å². The summed E-state index contributed by atoms with van der Waals surface area (Å²) in [6, 6.07) is 6.89. The minimum Gasteiger partial charge on any atom is -0.508 e. The first kappa shape index (κ1) is 13.3. The number of phenolic OH excluding ortho intramolecular Hbond substituents is 1. The first-order valence-electron chi connectivity index (χ1n) is 5.69. The Morgan fingerprint density at radius 2 is 2.06 bits per heavy atom. The number of ether oxygens (including phenoxy) is 1. The third-order valence-electron chi connectivity index (χ3n) is 2.54. The van der Waals surface area contributed by atoms with E-state index in [9.17, 15) is 9.90 Å². The van der Waals surface area contributed by atoms with Crippen molar-refractivity contribution in [1.82, 2.24) is 0 Å². The fraction of sp³-hybridized carbons (Fsp3) is 0.357. The lowest BCUT2D eigenvalue weighted by atomic mass is 9.95. The molecule has 1 aromatic rings. The lowest BCUT2D eigenvalue weighted by molar-refractivity contribution is -0.140. The predicted octanol–water partition coefficient (Wildman–Crippen LogP) is 3.01. The zero-order valence-corrected chi connectivity index (χ0v) is 10.2. The van der Waals surface area contributed by atoms with Gasteiger partial charge in [0, 0.05) is 5.92 Å². The van der Waals surface area contributed by atoms with Crippen LogP contribution in [0.25, 0.3) is 0 Å². The first-order valence-corrected chi connectivity index (χ1v) is 5.69. The van der Waals surface area contributed by atoms with Crippen molar-refractivity contribution in [2.75, 3.05) is 7.11 Å². The van der Waals surface area contributed by atoms with Crippen LogP contribution < -0.4 is 0 Å². The van der Waals surface area contributed by atoms with E-state index < -0.39 is 0 Å². The Labute approximate surface area is 102 Å². The van der Waals surface area contributed by atoms with Crippen molar-refractivity contribution in [2.24, 2.45) is 0 Å². The summed E-state index contributed by atoms with van der Waals surface area (Å²) in [7, 11) is 1.39. The molecule has 1 unspecified atom stereocenters. The van der Waals surface area contributed by atoms with Gasteiger partial charge < -0.3 is 9.84 Å². The minimum atomic E-state index is -0.233. The van der Waals surface area contributed by atoms with Gasteiger partial charge in [-0.25, -0.2) is 0 Å². The molecule has 3 heteroatoms. The maximum atomic E-state index is 11.3. The fourth-order valence-electron chi connectivity index (χ4n) is 1.58. The van der Waals surface area contributed by atoms with Gasteiger partial charge in [-0.15, -0.1) is 0 Å². The molecule has 1 aromatic carbocycles. The molecular weight excluding hydrogens is 216 g/mol. The Morgan fingerprint density at radius 3 is 2.59 bits per heavy atom. The van der Waals surface area contributed by atoms with E-state index in [0.29, 0.717) is 6.42 Å². The number of methoxy groups -OCH3 is 1. The zero-order chi connectivity index (χ0) is 12.7. The Kier molecular flexibility index (Phi) is 5.27. The van der Waals surface area contributed by atoms with Gasteiger partial charge in [-0.2, -0.15) is 0 Å². The molecule has 1 rings (SSSR count). The van der Waals surface area contributed by atoms with Gasteiger partial charge in [0.1, 0.15) is 5.75 Å². The highest BCUT2D eigenvalue weighted by Crippen LogP contribution is 2.24. The molecule has 17 heavy (non-hydrogen) atoms. The summed E-state index contributed by atoms with van der Waals surface area (Å²) in [5, 5.41) is 9.23. The van der Waals surface area contributed by atoms with E-state index >= 15 is 0 Å². The minimum absolute atomic E-state index is 0.00278. The Balaban J connectivity index is 2.85. The van der Waals surface area contributed by atoms with Crippen molar-refractivity contribution >= 4 is 5.97 Å². The molecule has 1 N–H and O–H groups in total. The predicted molar refractivity (Wildman–Crippen MR) is 66.9 cm³/mol. The summed E-state index contributed by atoms with van der Waals surface area (Å²) in [6.45, 7) is 2.04. The molecule has 3 nitrogen and oxygen atoms in total. The second-order valence-electron chi connectivity index (χ2n) is 3.81. The summed E-state index contributed by atoms with van der Waals surface area (Å²) in [4.78, 5) is 11.3. The van der Waals surface area contributed by atoms with Crippen molar-refractivity contribution in [1.29, 1.82) is 0 Å². The molecule has 0 radical (unpaired) electrons. The molecule has 92 valence electrons. The van der Waals surface area contributed by atoms with Crippen LogP contribution in [-0.4, -0.2) is 18.2 Å². The molecule has 0 spiro atoms. The van der Waals surface area contributed by atoms with Crippen LogP contribution in [0.3, 0.4) is 0 Å². The summed E-state index contributed by atoms with van der Waals surface area (Å²) >= 11 is 0. The Hall–Kier alpha value is -1.77. The van der Waals surface area contributed by atoms with Crippen molar-refractivity contribution in [3.8, 4) is 5.75 Å². The average Bonchev–Trinajstić information content (AvgIpc) is 2.35. The van der Waals surface area contributed by atoms with Crippen LogP contribution in [0.15, 0.2) is 36.4 Å². The van der Waals surface area contributed by atoms with Gasteiger partial charge >= 0.3 is 5.97 Å². The monoisotopic (exact) mass is 234 g/mol. The van der Waals surface area contributed by atoms with E-state index in [4.69, 9.17) is 0 Å². The number of phenols is 1. The Morgan fingerprint density at radius 1 is 1.41 bits per heavy atom. The number of benzene rings is 1. The number of carbonyl (C=O) groups is 1. The number of allylic oxidation sites excluding steroid dienone is 2. The zero-order valence-electron chi connectivity index (χ0n) is 10.2. The SMILES string of the molecule is CC/C=C\C(CC(=O)OC)c1ccc(O)cc1. The third-order valence-corrected chi connectivity index (χ3v) is 2.54. The quantitative estimate of drug-likeness (QED) is 0.629. The topological polar surface area (TPSA) is 46.5 Å². The molecule has 0 aliphatic rings. The molecule has 0 saturated carbocycles. The number of aromatic hydroxyl groups is 1. The summed E-state index contributed by atoms with van der Waals surface area (Å²) in [5.74, 6) is -0.00290. The van der Waals surface area contributed by atoms with Crippen LogP contribution in [0, 0.1) is 0 Å². The summed E-state index contributed by atoms with van der Waals surface area (Å²) in [6.07, 6.45) is 5.28. The summed E-state index contributed by atoms with van der Waals surface area (Å²) < 4.78 is 4.68. The van der Waals surface area contributed by atoms with Crippen LogP contribution in [0.4, 0.5) is 0 Å². The van der Waals surface area contributed by atoms with Gasteiger partial charge in [0.15, 0.2) is 0 Å². The van der Waals surface area contributed by atoms with Crippen molar-refractivity contribution in [3.63, 3.8) is 0 Å². The second-order valence-corrected chi connectivity index (χ2v) is 3.81. The molecular formula is C14H18O3. The smallest absolute Gasteiger partial charge is 0.306 e. The van der Waals surface area contributed by atoms with E-state index in [1.165, 1.54) is 7.11 Å². The standard InChI is InChI=1S/C14H18O3/c1-3-4-5-12(10-14(16)17-2)11-6-8-13(15)9-7-11/h4-9,12,15H,3,10H2,1-2H3/b5-4-. The molecule has 1 atom stereocenters. The molecule has 0 aliphatic heterocycles. The average molecular weight is 234 g/mol. The highest BCUT2D eigenvalue weighted by molar-refractivity contribution is 5.70. The van der Waals surface area contributed by atoms with Crippen molar-refractivity contribution in [3.05, 3.63) is 42.0 Å². The maximum absolute atomic E-state index is 11.3. The summed E-state index contributed by atoms with van der Waals surface area (Å²) in [5.41, 5.74) is 0.998. The number of hydrogen-bond acceptors (Lipinski definition) is 3. The van der Waals surface area contributed by atoms with Gasteiger partial charge in [0.05, 0.1) is 13.5 Å². The third kappa shape index (κ3) is 4.31. The maximum Gasteiger partial charge on any atom is 0.306 e. The molecule has 0 bridgehead atoms. The molecule has 0 aliphatic carbocycles. The van der Waals surface area contributed by atoms with Crippen LogP contribution in [0.1, 0.15) is 31.2 Å². The molecule has 0 amide bonds. The van der Waals surface area contributed by atoms with E-state index in [0.717, 1.165) is 12.0 Å². The molecule has 0 fully saturated rings. The number of carbonyl (C=O) groups excluding carboxylic acids is 1. The normalized spacial score (nSPS) is 12.6. The van der Waals surface area contributed by atoms with Crippen LogP contribution >= 0.6 is 0 Å². The Bertz CT molecular complexity index is 379. The second kappa shape index (κ2) is 6.74. The number of esters is 1. The van der Waals surface area contributed by atoms with E-state index in [-0.39, 0.29) is 17.6 Å². The number of rotatable bonds is 5. The van der Waals surface area contributed by atoms with Gasteiger partial charge in [-0.05, 0) is 24.1 Å².